The van der Waals surface area contributed by atoms with Gasteiger partial charge in [0, 0.05) is 19.1 Å². The van der Waals surface area contributed by atoms with Crippen LogP contribution >= 0.6 is 0 Å². The van der Waals surface area contributed by atoms with Gasteiger partial charge in [0.2, 0.25) is 0 Å². The van der Waals surface area contributed by atoms with Gasteiger partial charge in [-0.05, 0) is 50.8 Å². The van der Waals surface area contributed by atoms with Crippen LogP contribution in [0.5, 0.6) is 0 Å². The SMILES string of the molecule is CNCC1(CC(C)OC)CCCc2ccccc21. The first-order chi connectivity index (χ1) is 8.72. The second-order valence-electron chi connectivity index (χ2n) is 5.57. The van der Waals surface area contributed by atoms with Crippen LogP contribution in [0.2, 0.25) is 0 Å². The molecule has 1 aromatic carbocycles. The fraction of sp³-hybridized carbons (Fsp3) is 0.625. The van der Waals surface area contributed by atoms with E-state index in [1.54, 1.807) is 0 Å². The average molecular weight is 247 g/mol. The Labute approximate surface area is 111 Å². The van der Waals surface area contributed by atoms with Crippen molar-refractivity contribution in [3.8, 4) is 0 Å². The van der Waals surface area contributed by atoms with Gasteiger partial charge in [-0.2, -0.15) is 0 Å². The smallest absolute Gasteiger partial charge is 0.0552 e. The molecule has 0 spiro atoms. The van der Waals surface area contributed by atoms with Crippen LogP contribution in [-0.4, -0.2) is 26.8 Å². The first-order valence-electron chi connectivity index (χ1n) is 6.97. The lowest BCUT2D eigenvalue weighted by Gasteiger charge is -2.40. The molecule has 0 saturated heterocycles. The molecule has 2 heteroatoms. The van der Waals surface area contributed by atoms with Crippen LogP contribution in [0, 0.1) is 0 Å². The summed E-state index contributed by atoms with van der Waals surface area (Å²) >= 11 is 0. The fourth-order valence-electron chi connectivity index (χ4n) is 3.45. The average Bonchev–Trinajstić information content (AvgIpc) is 2.39. The summed E-state index contributed by atoms with van der Waals surface area (Å²) in [5.41, 5.74) is 3.32. The zero-order valence-electron chi connectivity index (χ0n) is 11.8. The van der Waals surface area contributed by atoms with E-state index in [0.29, 0.717) is 6.10 Å². The predicted molar refractivity (Wildman–Crippen MR) is 76.1 cm³/mol. The van der Waals surface area contributed by atoms with Crippen molar-refractivity contribution in [1.29, 1.82) is 0 Å². The van der Waals surface area contributed by atoms with Gasteiger partial charge in [-0.15, -0.1) is 0 Å². The molecule has 18 heavy (non-hydrogen) atoms. The van der Waals surface area contributed by atoms with Gasteiger partial charge in [0.25, 0.3) is 0 Å². The second kappa shape index (κ2) is 5.85. The molecular weight excluding hydrogens is 222 g/mol. The van der Waals surface area contributed by atoms with Crippen molar-refractivity contribution < 1.29 is 4.74 Å². The van der Waals surface area contributed by atoms with E-state index >= 15 is 0 Å². The molecule has 2 unspecified atom stereocenters. The van der Waals surface area contributed by atoms with Crippen LogP contribution in [0.15, 0.2) is 24.3 Å². The predicted octanol–water partition coefficient (Wildman–Crippen LogP) is 2.91. The zero-order valence-corrected chi connectivity index (χ0v) is 11.8. The zero-order chi connectivity index (χ0) is 13.0. The number of fused-ring (bicyclic) bond motifs is 1. The van der Waals surface area contributed by atoms with Crippen LogP contribution in [0.1, 0.15) is 37.3 Å². The monoisotopic (exact) mass is 247 g/mol. The molecule has 1 aliphatic rings. The van der Waals surface area contributed by atoms with Crippen LogP contribution < -0.4 is 5.32 Å². The van der Waals surface area contributed by atoms with E-state index in [1.165, 1.54) is 30.4 Å². The minimum Gasteiger partial charge on any atom is -0.382 e. The molecule has 1 aliphatic carbocycles. The molecule has 1 aromatic rings. The van der Waals surface area contributed by atoms with Gasteiger partial charge < -0.3 is 10.1 Å². The third-order valence-electron chi connectivity index (χ3n) is 4.29. The number of nitrogens with one attached hydrogen (secondary N) is 1. The molecule has 0 saturated carbocycles. The Bertz CT molecular complexity index is 390. The lowest BCUT2D eigenvalue weighted by molar-refractivity contribution is 0.0818. The lowest BCUT2D eigenvalue weighted by atomic mass is 9.67. The number of benzene rings is 1. The van der Waals surface area contributed by atoms with E-state index < -0.39 is 0 Å². The maximum atomic E-state index is 5.51. The molecule has 1 N–H and O–H groups in total. The van der Waals surface area contributed by atoms with Gasteiger partial charge in [0.1, 0.15) is 0 Å². The first kappa shape index (κ1) is 13.6. The Morgan fingerprint density at radius 1 is 1.39 bits per heavy atom. The van der Waals surface area contributed by atoms with Crippen molar-refractivity contribution in [2.75, 3.05) is 20.7 Å². The summed E-state index contributed by atoms with van der Waals surface area (Å²) < 4.78 is 5.51. The minimum atomic E-state index is 0.249. The summed E-state index contributed by atoms with van der Waals surface area (Å²) in [5.74, 6) is 0. The van der Waals surface area contributed by atoms with E-state index in [4.69, 9.17) is 4.74 Å². The summed E-state index contributed by atoms with van der Waals surface area (Å²) in [5, 5.41) is 3.39. The number of rotatable bonds is 5. The fourth-order valence-corrected chi connectivity index (χ4v) is 3.45. The summed E-state index contributed by atoms with van der Waals surface area (Å²) in [7, 11) is 3.86. The molecular formula is C16H25NO. The van der Waals surface area contributed by atoms with Crippen LogP contribution in [0.4, 0.5) is 0 Å². The summed E-state index contributed by atoms with van der Waals surface area (Å²) in [6, 6.07) is 8.94. The minimum absolute atomic E-state index is 0.249. The maximum Gasteiger partial charge on any atom is 0.0552 e. The highest BCUT2D eigenvalue weighted by atomic mass is 16.5. The van der Waals surface area contributed by atoms with Crippen LogP contribution in [0.3, 0.4) is 0 Å². The molecule has 2 rings (SSSR count). The number of aryl methyl sites for hydroxylation is 1. The third-order valence-corrected chi connectivity index (χ3v) is 4.29. The van der Waals surface area contributed by atoms with E-state index in [9.17, 15) is 0 Å². The van der Waals surface area contributed by atoms with Crippen molar-refractivity contribution in [1.82, 2.24) is 5.32 Å². The van der Waals surface area contributed by atoms with Gasteiger partial charge >= 0.3 is 0 Å². The highest BCUT2D eigenvalue weighted by Gasteiger charge is 2.36. The first-order valence-corrected chi connectivity index (χ1v) is 6.97. The van der Waals surface area contributed by atoms with E-state index in [-0.39, 0.29) is 5.41 Å². The summed E-state index contributed by atoms with van der Waals surface area (Å²) in [4.78, 5) is 0. The van der Waals surface area contributed by atoms with Gasteiger partial charge in [-0.25, -0.2) is 0 Å². The number of likely N-dealkylation sites (N-methyl/N-ethyl adjacent to an activating group) is 1. The quantitative estimate of drug-likeness (QED) is 0.864. The largest absolute Gasteiger partial charge is 0.382 e. The molecule has 0 amide bonds. The van der Waals surface area contributed by atoms with Gasteiger partial charge in [-0.3, -0.25) is 0 Å². The van der Waals surface area contributed by atoms with Gasteiger partial charge in [-0.1, -0.05) is 24.3 Å². The van der Waals surface area contributed by atoms with E-state index in [1.807, 2.05) is 7.11 Å². The van der Waals surface area contributed by atoms with Crippen molar-refractivity contribution in [2.45, 2.75) is 44.1 Å². The van der Waals surface area contributed by atoms with E-state index in [0.717, 1.165) is 13.0 Å². The molecule has 0 fully saturated rings. The van der Waals surface area contributed by atoms with E-state index in [2.05, 4.69) is 43.6 Å². The van der Waals surface area contributed by atoms with Gasteiger partial charge in [0.15, 0.2) is 0 Å². The number of methoxy groups -OCH3 is 1. The third kappa shape index (κ3) is 2.60. The maximum absolute atomic E-state index is 5.51. The molecule has 0 aliphatic heterocycles. The Hall–Kier alpha value is -0.860. The normalized spacial score (nSPS) is 24.6. The van der Waals surface area contributed by atoms with Crippen molar-refractivity contribution in [3.05, 3.63) is 35.4 Å². The van der Waals surface area contributed by atoms with Crippen molar-refractivity contribution >= 4 is 0 Å². The number of hydrogen-bond donors (Lipinski definition) is 1. The molecule has 0 bridgehead atoms. The van der Waals surface area contributed by atoms with Crippen molar-refractivity contribution in [3.63, 3.8) is 0 Å². The van der Waals surface area contributed by atoms with Crippen molar-refractivity contribution in [2.24, 2.45) is 0 Å². The van der Waals surface area contributed by atoms with Crippen LogP contribution in [0.25, 0.3) is 0 Å². The standard InChI is InChI=1S/C16H25NO/c1-13(18-3)11-16(12-17-2)10-6-8-14-7-4-5-9-15(14)16/h4-5,7,9,13,17H,6,8,10-12H2,1-3H3. The Balaban J connectivity index is 2.35. The highest BCUT2D eigenvalue weighted by Crippen LogP contribution is 2.40. The molecule has 2 nitrogen and oxygen atoms in total. The topological polar surface area (TPSA) is 21.3 Å². The Morgan fingerprint density at radius 2 is 2.17 bits per heavy atom. The van der Waals surface area contributed by atoms with Gasteiger partial charge in [0.05, 0.1) is 6.10 Å². The lowest BCUT2D eigenvalue weighted by Crippen LogP contribution is -2.42. The molecule has 2 atom stereocenters. The number of hydrogen-bond acceptors (Lipinski definition) is 2. The summed E-state index contributed by atoms with van der Waals surface area (Å²) in [6.45, 7) is 3.21. The molecule has 0 aromatic heterocycles. The van der Waals surface area contributed by atoms with Crippen LogP contribution in [-0.2, 0) is 16.6 Å². The Morgan fingerprint density at radius 3 is 2.89 bits per heavy atom. The molecule has 0 heterocycles. The summed E-state index contributed by atoms with van der Waals surface area (Å²) in [6.07, 6.45) is 5.18. The highest BCUT2D eigenvalue weighted by molar-refractivity contribution is 5.37. The number of ether oxygens (including phenoxy) is 1. The second-order valence-corrected chi connectivity index (χ2v) is 5.57. The Kier molecular flexibility index (Phi) is 4.41. The molecule has 0 radical (unpaired) electrons. The molecule has 100 valence electrons.